The van der Waals surface area contributed by atoms with Crippen molar-refractivity contribution in [3.8, 4) is 0 Å². The number of amides is 2. The van der Waals surface area contributed by atoms with Crippen LogP contribution in [0.5, 0.6) is 0 Å². The molecule has 0 aromatic carbocycles. The number of aromatic nitrogens is 5. The topological polar surface area (TPSA) is 115 Å². The van der Waals surface area contributed by atoms with Gasteiger partial charge < -0.3 is 15.0 Å². The smallest absolute Gasteiger partial charge is 0.253 e. The first-order valence-corrected chi connectivity index (χ1v) is 9.37. The van der Waals surface area contributed by atoms with Crippen LogP contribution in [0.4, 0.5) is 0 Å². The van der Waals surface area contributed by atoms with Crippen molar-refractivity contribution in [2.45, 2.75) is 49.9 Å². The maximum atomic E-state index is 12.8. The van der Waals surface area contributed by atoms with Crippen molar-refractivity contribution in [1.29, 1.82) is 0 Å². The Morgan fingerprint density at radius 1 is 1.39 bits per heavy atom. The van der Waals surface area contributed by atoms with E-state index in [9.17, 15) is 9.59 Å². The summed E-state index contributed by atoms with van der Waals surface area (Å²) in [7, 11) is 1.71. The van der Waals surface area contributed by atoms with Gasteiger partial charge in [0.15, 0.2) is 0 Å². The second-order valence-electron chi connectivity index (χ2n) is 7.32. The lowest BCUT2D eigenvalue weighted by Crippen LogP contribution is -2.56. The first kappa shape index (κ1) is 18.5. The van der Waals surface area contributed by atoms with Crippen molar-refractivity contribution < 1.29 is 14.3 Å². The van der Waals surface area contributed by atoms with Gasteiger partial charge in [0.2, 0.25) is 5.91 Å². The van der Waals surface area contributed by atoms with E-state index < -0.39 is 0 Å². The van der Waals surface area contributed by atoms with Gasteiger partial charge in [0.05, 0.1) is 17.2 Å². The Hall–Kier alpha value is -2.88. The number of hydrogen-bond acceptors (Lipinski definition) is 7. The monoisotopic (exact) mass is 385 g/mol. The highest BCUT2D eigenvalue weighted by molar-refractivity contribution is 5.94. The molecule has 28 heavy (non-hydrogen) atoms. The van der Waals surface area contributed by atoms with Crippen molar-refractivity contribution >= 4 is 11.8 Å². The molecule has 4 rings (SSSR count). The fourth-order valence-electron chi connectivity index (χ4n) is 4.37. The molecule has 2 amide bonds. The van der Waals surface area contributed by atoms with E-state index >= 15 is 0 Å². The zero-order chi connectivity index (χ0) is 19.6. The summed E-state index contributed by atoms with van der Waals surface area (Å²) < 4.78 is 7.31. The summed E-state index contributed by atoms with van der Waals surface area (Å²) in [6.07, 6.45) is 7.66. The number of tetrazole rings is 1. The van der Waals surface area contributed by atoms with E-state index in [2.05, 4.69) is 25.8 Å². The van der Waals surface area contributed by atoms with Crippen molar-refractivity contribution in [1.82, 2.24) is 35.4 Å². The lowest BCUT2D eigenvalue weighted by molar-refractivity contribution is -0.138. The van der Waals surface area contributed by atoms with E-state index in [1.54, 1.807) is 31.6 Å². The highest BCUT2D eigenvalue weighted by atomic mass is 16.5. The second kappa shape index (κ2) is 7.63. The quantitative estimate of drug-likeness (QED) is 0.772. The highest BCUT2D eigenvalue weighted by Gasteiger charge is 2.52. The number of carbonyl (C=O) groups excluding carboxylic acids is 2. The number of pyridine rings is 1. The van der Waals surface area contributed by atoms with Crippen LogP contribution in [0.25, 0.3) is 0 Å². The van der Waals surface area contributed by atoms with E-state index in [1.165, 1.54) is 11.0 Å². The molecule has 0 bridgehead atoms. The van der Waals surface area contributed by atoms with Crippen molar-refractivity contribution in [2.24, 2.45) is 0 Å². The molecular weight excluding hydrogens is 362 g/mol. The normalized spacial score (nSPS) is 26.7. The largest absolute Gasteiger partial charge is 0.376 e. The molecule has 2 aromatic heterocycles. The van der Waals surface area contributed by atoms with Gasteiger partial charge in [-0.25, -0.2) is 4.68 Å². The molecule has 148 valence electrons. The third-order valence-corrected chi connectivity index (χ3v) is 5.86. The summed E-state index contributed by atoms with van der Waals surface area (Å²) in [4.78, 5) is 31.2. The van der Waals surface area contributed by atoms with E-state index in [0.717, 1.165) is 19.3 Å². The number of nitrogens with one attached hydrogen (secondary N) is 1. The minimum Gasteiger partial charge on any atom is -0.376 e. The van der Waals surface area contributed by atoms with Crippen LogP contribution in [0.15, 0.2) is 30.9 Å². The summed E-state index contributed by atoms with van der Waals surface area (Å²) >= 11 is 0. The van der Waals surface area contributed by atoms with E-state index in [4.69, 9.17) is 4.74 Å². The van der Waals surface area contributed by atoms with Gasteiger partial charge in [-0.2, -0.15) is 0 Å². The minimum absolute atomic E-state index is 0.0255. The summed E-state index contributed by atoms with van der Waals surface area (Å²) in [5, 5.41) is 14.0. The predicted molar refractivity (Wildman–Crippen MR) is 97.0 cm³/mol. The third-order valence-electron chi connectivity index (χ3n) is 5.86. The molecule has 0 radical (unpaired) electrons. The second-order valence-corrected chi connectivity index (χ2v) is 7.32. The zero-order valence-electron chi connectivity index (χ0n) is 15.7. The first-order chi connectivity index (χ1) is 13.6. The van der Waals surface area contributed by atoms with Gasteiger partial charge >= 0.3 is 0 Å². The summed E-state index contributed by atoms with van der Waals surface area (Å²) in [6, 6.07) is 3.36. The van der Waals surface area contributed by atoms with Gasteiger partial charge in [0, 0.05) is 32.1 Å². The third kappa shape index (κ3) is 3.47. The minimum atomic E-state index is -0.355. The van der Waals surface area contributed by atoms with Crippen molar-refractivity contribution in [2.75, 3.05) is 13.7 Å². The van der Waals surface area contributed by atoms with Crippen LogP contribution in [-0.2, 0) is 16.1 Å². The van der Waals surface area contributed by atoms with Gasteiger partial charge in [-0.05, 0) is 48.2 Å². The lowest BCUT2D eigenvalue weighted by atomic mass is 9.78. The number of hydrogen-bond donors (Lipinski definition) is 1. The summed E-state index contributed by atoms with van der Waals surface area (Å²) in [6.45, 7) is 0.721. The number of rotatable bonds is 5. The van der Waals surface area contributed by atoms with Gasteiger partial charge in [-0.1, -0.05) is 0 Å². The molecule has 10 heteroatoms. The Balaban J connectivity index is 1.46. The van der Waals surface area contributed by atoms with Gasteiger partial charge in [0.1, 0.15) is 12.9 Å². The van der Waals surface area contributed by atoms with Crippen molar-refractivity contribution in [3.63, 3.8) is 0 Å². The van der Waals surface area contributed by atoms with Crippen LogP contribution in [0.3, 0.4) is 0 Å². The van der Waals surface area contributed by atoms with Crippen LogP contribution in [0.2, 0.25) is 0 Å². The van der Waals surface area contributed by atoms with E-state index in [0.29, 0.717) is 18.5 Å². The fraction of sp³-hybridized carbons (Fsp3) is 0.556. The van der Waals surface area contributed by atoms with Crippen LogP contribution in [0, 0.1) is 0 Å². The average molecular weight is 385 g/mol. The maximum absolute atomic E-state index is 12.8. The molecule has 0 unspecified atom stereocenters. The van der Waals surface area contributed by atoms with Crippen molar-refractivity contribution in [3.05, 3.63) is 36.4 Å². The maximum Gasteiger partial charge on any atom is 0.253 e. The van der Waals surface area contributed by atoms with Gasteiger partial charge in [-0.15, -0.1) is 5.10 Å². The molecule has 3 atom stereocenters. The molecular formula is C18H23N7O3. The SMILES string of the molecule is CO[C@@]12CC[C@@H](NC(=O)c3cccnc3)C[C@@H]1N(C(=O)Cn1cnnn1)CC2. The Kier molecular flexibility index (Phi) is 5.03. The Morgan fingerprint density at radius 3 is 3.00 bits per heavy atom. The molecule has 1 aliphatic heterocycles. The number of likely N-dealkylation sites (tertiary alicyclic amines) is 1. The van der Waals surface area contributed by atoms with Crippen LogP contribution in [0.1, 0.15) is 36.0 Å². The molecule has 0 spiro atoms. The molecule has 1 saturated heterocycles. The standard InChI is InChI=1S/C18H23N7O3/c1-28-18-5-4-14(21-17(27)13-3-2-7-19-10-13)9-15(18)25(8-6-18)16(26)11-24-12-20-22-23-24/h2-3,7,10,12,14-15H,4-6,8-9,11H2,1H3,(H,21,27)/t14-,15+,18-/m1/s1. The number of carbonyl (C=O) groups is 2. The van der Waals surface area contributed by atoms with Crippen LogP contribution in [-0.4, -0.2) is 73.2 Å². The van der Waals surface area contributed by atoms with Crippen LogP contribution < -0.4 is 5.32 Å². The fourth-order valence-corrected chi connectivity index (χ4v) is 4.37. The molecule has 2 aromatic rings. The highest BCUT2D eigenvalue weighted by Crippen LogP contribution is 2.42. The van der Waals surface area contributed by atoms with Gasteiger partial charge in [-0.3, -0.25) is 14.6 Å². The van der Waals surface area contributed by atoms with E-state index in [-0.39, 0.29) is 36.0 Å². The Bertz CT molecular complexity index is 829. The average Bonchev–Trinajstić information content (AvgIpc) is 3.36. The first-order valence-electron chi connectivity index (χ1n) is 9.37. The molecule has 10 nitrogen and oxygen atoms in total. The molecule has 1 aliphatic carbocycles. The number of ether oxygens (including phenoxy) is 1. The van der Waals surface area contributed by atoms with Crippen LogP contribution >= 0.6 is 0 Å². The molecule has 2 aliphatic rings. The molecule has 2 fully saturated rings. The molecule has 1 saturated carbocycles. The molecule has 1 N–H and O–H groups in total. The number of fused-ring (bicyclic) bond motifs is 1. The number of methoxy groups -OCH3 is 1. The summed E-state index contributed by atoms with van der Waals surface area (Å²) in [5.74, 6) is -0.192. The predicted octanol–water partition coefficient (Wildman–Crippen LogP) is 0.0367. The van der Waals surface area contributed by atoms with E-state index in [1.807, 2.05) is 4.90 Å². The number of nitrogens with zero attached hydrogens (tertiary/aromatic N) is 6. The Morgan fingerprint density at radius 2 is 2.29 bits per heavy atom. The molecule has 3 heterocycles. The zero-order valence-corrected chi connectivity index (χ0v) is 15.7. The summed E-state index contributed by atoms with van der Waals surface area (Å²) in [5.41, 5.74) is 0.176. The Labute approximate surface area is 162 Å². The lowest BCUT2D eigenvalue weighted by Gasteiger charge is -2.43. The van der Waals surface area contributed by atoms with Gasteiger partial charge in [0.25, 0.3) is 5.91 Å².